The fraction of sp³-hybridized carbons (Fsp3) is 0.111. The molecule has 2 aromatic rings. The van der Waals surface area contributed by atoms with Crippen molar-refractivity contribution in [3.63, 3.8) is 0 Å². The van der Waals surface area contributed by atoms with Crippen LogP contribution < -0.4 is 11.1 Å². The van der Waals surface area contributed by atoms with Crippen LogP contribution in [0.3, 0.4) is 0 Å². The van der Waals surface area contributed by atoms with Gasteiger partial charge in [0.15, 0.2) is 6.61 Å². The monoisotopic (exact) mass is 449 g/mol. The number of allylic oxidation sites excluding steroid dienone is 1. The number of para-hydroxylation sites is 1. The minimum Gasteiger partial charge on any atom is -0.467 e. The molecule has 3 N–H and O–H groups in total. The van der Waals surface area contributed by atoms with Gasteiger partial charge in [0.2, 0.25) is 5.90 Å². The lowest BCUT2D eigenvalue weighted by molar-refractivity contribution is -0.118. The van der Waals surface area contributed by atoms with E-state index in [9.17, 15) is 22.4 Å². The number of alkyl halides is 3. The molecule has 0 saturated heterocycles. The number of aliphatic imine (C=N–C) groups is 1. The predicted octanol–water partition coefficient (Wildman–Crippen LogP) is 5.22. The number of hydrogen-bond donors (Lipinski definition) is 2. The molecule has 0 saturated carbocycles. The molecule has 29 heavy (non-hydrogen) atoms. The summed E-state index contributed by atoms with van der Waals surface area (Å²) >= 11 is 11.7. The zero-order valence-corrected chi connectivity index (χ0v) is 15.9. The predicted molar refractivity (Wildman–Crippen MR) is 103 cm³/mol. The maximum Gasteiger partial charge on any atom is 0.430 e. The Labute approximate surface area is 172 Å². The van der Waals surface area contributed by atoms with Crippen LogP contribution >= 0.6 is 23.2 Å². The van der Waals surface area contributed by atoms with Crippen LogP contribution in [-0.2, 0) is 9.53 Å². The topological polar surface area (TPSA) is 76.7 Å². The maximum absolute atomic E-state index is 13.0. The van der Waals surface area contributed by atoms with Crippen molar-refractivity contribution >= 4 is 46.4 Å². The molecule has 0 fully saturated rings. The van der Waals surface area contributed by atoms with Crippen molar-refractivity contribution in [3.8, 4) is 0 Å². The van der Waals surface area contributed by atoms with Gasteiger partial charge in [-0.3, -0.25) is 4.79 Å². The average Bonchev–Trinajstić information content (AvgIpc) is 2.63. The number of amides is 1. The number of carbonyl (C=O) groups is 1. The number of ether oxygens (including phenoxy) is 1. The van der Waals surface area contributed by atoms with Crippen molar-refractivity contribution in [1.29, 1.82) is 0 Å². The molecule has 0 spiro atoms. The van der Waals surface area contributed by atoms with Gasteiger partial charge in [0.05, 0.1) is 21.4 Å². The Morgan fingerprint density at radius 3 is 2.48 bits per heavy atom. The van der Waals surface area contributed by atoms with E-state index in [0.717, 1.165) is 12.1 Å². The van der Waals surface area contributed by atoms with Crippen LogP contribution in [0, 0.1) is 5.82 Å². The molecule has 0 unspecified atom stereocenters. The van der Waals surface area contributed by atoms with Crippen LogP contribution in [0.25, 0.3) is 0 Å². The molecule has 1 amide bonds. The van der Waals surface area contributed by atoms with E-state index >= 15 is 0 Å². The number of nitrogens with zero attached hydrogens (tertiary/aromatic N) is 1. The van der Waals surface area contributed by atoms with Crippen molar-refractivity contribution in [1.82, 2.24) is 0 Å². The largest absolute Gasteiger partial charge is 0.467 e. The van der Waals surface area contributed by atoms with Crippen LogP contribution in [0.2, 0.25) is 10.0 Å². The molecule has 0 bridgehead atoms. The van der Waals surface area contributed by atoms with E-state index in [0.29, 0.717) is 6.08 Å². The molecule has 0 aliphatic rings. The molecule has 0 aliphatic heterocycles. The van der Waals surface area contributed by atoms with E-state index in [1.165, 1.54) is 18.2 Å². The van der Waals surface area contributed by atoms with Crippen molar-refractivity contribution in [3.05, 3.63) is 70.1 Å². The van der Waals surface area contributed by atoms with Gasteiger partial charge in [-0.25, -0.2) is 9.38 Å². The van der Waals surface area contributed by atoms with E-state index in [1.807, 2.05) is 0 Å². The number of hydrogen-bond acceptors (Lipinski definition) is 4. The van der Waals surface area contributed by atoms with Gasteiger partial charge in [-0.2, -0.15) is 13.2 Å². The second kappa shape index (κ2) is 9.62. The lowest BCUT2D eigenvalue weighted by atomic mass is 10.3. The van der Waals surface area contributed by atoms with Gasteiger partial charge in [-0.05, 0) is 30.3 Å². The Morgan fingerprint density at radius 1 is 1.17 bits per heavy atom. The van der Waals surface area contributed by atoms with Crippen LogP contribution in [0.4, 0.5) is 28.9 Å². The fourth-order valence-corrected chi connectivity index (χ4v) is 2.29. The third-order valence-corrected chi connectivity index (χ3v) is 3.88. The smallest absolute Gasteiger partial charge is 0.430 e. The molecular formula is C18H13Cl2F4N3O2. The number of halogens is 6. The van der Waals surface area contributed by atoms with E-state index < -0.39 is 36.1 Å². The van der Waals surface area contributed by atoms with Gasteiger partial charge >= 0.3 is 6.18 Å². The molecule has 2 rings (SSSR count). The Balaban J connectivity index is 2.19. The standard InChI is InChI=1S/C18H13Cl2F4N3O2/c19-11-3-1-2-4-13(11)27-17(8-15(25)18(22,23)24)29-9-16(28)26-14-6-5-10(21)7-12(14)20/h1-8H,9,25H2,(H,26,28). The van der Waals surface area contributed by atoms with Crippen LogP contribution in [0.5, 0.6) is 0 Å². The number of rotatable bonds is 5. The summed E-state index contributed by atoms with van der Waals surface area (Å²) in [6.07, 6.45) is -4.39. The zero-order valence-electron chi connectivity index (χ0n) is 14.4. The van der Waals surface area contributed by atoms with Gasteiger partial charge in [0, 0.05) is 6.08 Å². The van der Waals surface area contributed by atoms with Crippen molar-refractivity contribution < 1.29 is 27.1 Å². The summed E-state index contributed by atoms with van der Waals surface area (Å²) in [7, 11) is 0. The Morgan fingerprint density at radius 2 is 1.86 bits per heavy atom. The molecule has 0 atom stereocenters. The summed E-state index contributed by atoms with van der Waals surface area (Å²) in [5.74, 6) is -1.97. The molecule has 5 nitrogen and oxygen atoms in total. The third kappa shape index (κ3) is 6.95. The minimum absolute atomic E-state index is 0.0653. The number of benzene rings is 2. The lowest BCUT2D eigenvalue weighted by Gasteiger charge is -2.11. The van der Waals surface area contributed by atoms with Crippen LogP contribution in [0.15, 0.2) is 59.2 Å². The molecule has 0 heterocycles. The summed E-state index contributed by atoms with van der Waals surface area (Å²) in [6.45, 7) is -0.724. The second-order valence-corrected chi connectivity index (χ2v) is 6.27. The highest BCUT2D eigenvalue weighted by Crippen LogP contribution is 2.26. The van der Waals surface area contributed by atoms with Crippen molar-refractivity contribution in [2.45, 2.75) is 6.18 Å². The summed E-state index contributed by atoms with van der Waals surface area (Å²) in [5, 5.41) is 2.42. The highest BCUT2D eigenvalue weighted by molar-refractivity contribution is 6.33. The Kier molecular flexibility index (Phi) is 7.46. The summed E-state index contributed by atoms with van der Waals surface area (Å²) in [6, 6.07) is 9.33. The van der Waals surface area contributed by atoms with E-state index in [2.05, 4.69) is 10.3 Å². The quantitative estimate of drug-likeness (QED) is 0.373. The first-order chi connectivity index (χ1) is 13.6. The highest BCUT2D eigenvalue weighted by atomic mass is 35.5. The highest BCUT2D eigenvalue weighted by Gasteiger charge is 2.32. The van der Waals surface area contributed by atoms with Crippen LogP contribution in [0.1, 0.15) is 0 Å². The molecule has 0 aliphatic carbocycles. The van der Waals surface area contributed by atoms with E-state index in [-0.39, 0.29) is 21.4 Å². The molecule has 11 heteroatoms. The number of nitrogens with two attached hydrogens (primary N) is 1. The maximum atomic E-state index is 13.0. The fourth-order valence-electron chi connectivity index (χ4n) is 1.90. The molecule has 2 aromatic carbocycles. The first-order valence-corrected chi connectivity index (χ1v) is 8.57. The van der Waals surface area contributed by atoms with E-state index in [1.54, 1.807) is 12.1 Å². The molecule has 0 radical (unpaired) electrons. The third-order valence-electron chi connectivity index (χ3n) is 3.25. The van der Waals surface area contributed by atoms with Gasteiger partial charge in [0.25, 0.3) is 5.91 Å². The zero-order chi connectivity index (χ0) is 21.6. The van der Waals surface area contributed by atoms with Gasteiger partial charge in [0.1, 0.15) is 11.5 Å². The Hall–Kier alpha value is -2.78. The normalized spacial score (nSPS) is 12.6. The number of carbonyl (C=O) groups excluding carboxylic acids is 1. The number of nitrogens with one attached hydrogen (secondary N) is 1. The SMILES string of the molecule is NC(=CC(=Nc1ccccc1Cl)OCC(=O)Nc1ccc(F)cc1Cl)C(F)(F)F. The molecular weight excluding hydrogens is 437 g/mol. The first kappa shape index (κ1) is 22.5. The Bertz CT molecular complexity index is 962. The van der Waals surface area contributed by atoms with Crippen molar-refractivity contribution in [2.75, 3.05) is 11.9 Å². The average molecular weight is 450 g/mol. The molecule has 0 aromatic heterocycles. The first-order valence-electron chi connectivity index (χ1n) is 7.81. The van der Waals surface area contributed by atoms with Gasteiger partial charge in [-0.15, -0.1) is 0 Å². The van der Waals surface area contributed by atoms with Crippen LogP contribution in [-0.4, -0.2) is 24.6 Å². The summed E-state index contributed by atoms with van der Waals surface area (Å²) in [5.41, 5.74) is 3.72. The summed E-state index contributed by atoms with van der Waals surface area (Å²) < 4.78 is 56.3. The van der Waals surface area contributed by atoms with E-state index in [4.69, 9.17) is 33.7 Å². The number of anilines is 1. The summed E-state index contributed by atoms with van der Waals surface area (Å²) in [4.78, 5) is 15.9. The van der Waals surface area contributed by atoms with Gasteiger partial charge < -0.3 is 15.8 Å². The lowest BCUT2D eigenvalue weighted by Crippen LogP contribution is -2.24. The molecule has 154 valence electrons. The van der Waals surface area contributed by atoms with Crippen molar-refractivity contribution in [2.24, 2.45) is 10.7 Å². The second-order valence-electron chi connectivity index (χ2n) is 5.46. The van der Waals surface area contributed by atoms with Gasteiger partial charge in [-0.1, -0.05) is 35.3 Å². The minimum atomic E-state index is -4.82.